The van der Waals surface area contributed by atoms with Crippen LogP contribution in [0.2, 0.25) is 0 Å². The Hall–Kier alpha value is -0.830. The maximum Gasteiger partial charge on any atom is 0.348 e. The van der Waals surface area contributed by atoms with Crippen molar-refractivity contribution < 1.29 is 9.53 Å². The Morgan fingerprint density at radius 2 is 2.00 bits per heavy atom. The predicted molar refractivity (Wildman–Crippen MR) is 54.4 cm³/mol. The number of carbonyl (C=O) groups is 1. The van der Waals surface area contributed by atoms with Gasteiger partial charge in [-0.15, -0.1) is 11.3 Å². The molecule has 1 aromatic heterocycles. The molecule has 0 aliphatic carbocycles. The van der Waals surface area contributed by atoms with Crippen molar-refractivity contribution >= 4 is 17.3 Å². The van der Waals surface area contributed by atoms with Crippen molar-refractivity contribution in [1.82, 2.24) is 0 Å². The van der Waals surface area contributed by atoms with Crippen LogP contribution in [0.4, 0.5) is 0 Å². The van der Waals surface area contributed by atoms with Gasteiger partial charge in [-0.3, -0.25) is 0 Å². The lowest BCUT2D eigenvalue weighted by Gasteiger charge is -2.15. The Kier molecular flexibility index (Phi) is 2.76. The van der Waals surface area contributed by atoms with E-state index in [4.69, 9.17) is 0 Å². The van der Waals surface area contributed by atoms with Gasteiger partial charge in [0.05, 0.1) is 7.11 Å². The van der Waals surface area contributed by atoms with Crippen LogP contribution in [0.15, 0.2) is 12.1 Å². The van der Waals surface area contributed by atoms with E-state index in [1.165, 1.54) is 23.3 Å². The quantitative estimate of drug-likeness (QED) is 0.649. The molecule has 0 spiro atoms. The highest BCUT2D eigenvalue weighted by atomic mass is 32.1. The second-order valence-corrected chi connectivity index (χ2v) is 4.99. The fraction of sp³-hybridized carbons (Fsp3) is 0.500. The highest BCUT2D eigenvalue weighted by molar-refractivity contribution is 7.14. The third-order valence-corrected chi connectivity index (χ3v) is 3.22. The monoisotopic (exact) mass is 198 g/mol. The molecule has 2 nitrogen and oxygen atoms in total. The maximum atomic E-state index is 11.1. The molecule has 0 unspecified atom stereocenters. The zero-order chi connectivity index (χ0) is 10.1. The molecule has 0 saturated carbocycles. The highest BCUT2D eigenvalue weighted by Gasteiger charge is 2.18. The van der Waals surface area contributed by atoms with E-state index in [2.05, 4.69) is 25.5 Å². The first-order chi connectivity index (χ1) is 5.95. The number of rotatable bonds is 1. The first kappa shape index (κ1) is 10.3. The molecule has 0 amide bonds. The van der Waals surface area contributed by atoms with Crippen LogP contribution in [0.3, 0.4) is 0 Å². The van der Waals surface area contributed by atoms with E-state index in [0.717, 1.165) is 0 Å². The average molecular weight is 198 g/mol. The molecule has 3 heteroatoms. The lowest BCUT2D eigenvalue weighted by molar-refractivity contribution is 0.0606. The van der Waals surface area contributed by atoms with Gasteiger partial charge in [-0.25, -0.2) is 4.79 Å². The SMILES string of the molecule is COC(=O)c1ccc(C(C)(C)C)s1. The van der Waals surface area contributed by atoms with Gasteiger partial charge in [-0.2, -0.15) is 0 Å². The van der Waals surface area contributed by atoms with Gasteiger partial charge in [-0.05, 0) is 17.5 Å². The van der Waals surface area contributed by atoms with E-state index in [1.54, 1.807) is 0 Å². The van der Waals surface area contributed by atoms with E-state index in [-0.39, 0.29) is 11.4 Å². The van der Waals surface area contributed by atoms with E-state index in [0.29, 0.717) is 4.88 Å². The first-order valence-corrected chi connectivity index (χ1v) is 4.95. The van der Waals surface area contributed by atoms with Crippen LogP contribution in [0, 0.1) is 0 Å². The molecule has 0 atom stereocenters. The topological polar surface area (TPSA) is 26.3 Å². The second kappa shape index (κ2) is 3.50. The lowest BCUT2D eigenvalue weighted by Crippen LogP contribution is -2.07. The number of methoxy groups -OCH3 is 1. The lowest BCUT2D eigenvalue weighted by atomic mass is 9.95. The van der Waals surface area contributed by atoms with Crippen LogP contribution >= 0.6 is 11.3 Å². The summed E-state index contributed by atoms with van der Waals surface area (Å²) in [5.41, 5.74) is 0.108. The molecule has 1 rings (SSSR count). The molecule has 1 heterocycles. The number of hydrogen-bond donors (Lipinski definition) is 0. The molecule has 0 saturated heterocycles. The Morgan fingerprint density at radius 1 is 1.38 bits per heavy atom. The summed E-state index contributed by atoms with van der Waals surface area (Å²) in [5, 5.41) is 0. The normalized spacial score (nSPS) is 11.4. The zero-order valence-corrected chi connectivity index (χ0v) is 9.20. The van der Waals surface area contributed by atoms with Crippen LogP contribution in [-0.4, -0.2) is 13.1 Å². The van der Waals surface area contributed by atoms with Gasteiger partial charge >= 0.3 is 5.97 Å². The Balaban J connectivity index is 2.93. The van der Waals surface area contributed by atoms with Crippen molar-refractivity contribution in [1.29, 1.82) is 0 Å². The van der Waals surface area contributed by atoms with Crippen molar-refractivity contribution in [2.75, 3.05) is 7.11 Å². The molecule has 72 valence electrons. The first-order valence-electron chi connectivity index (χ1n) is 4.14. The van der Waals surface area contributed by atoms with E-state index in [9.17, 15) is 4.79 Å². The van der Waals surface area contributed by atoms with Crippen LogP contribution in [0.5, 0.6) is 0 Å². The Morgan fingerprint density at radius 3 is 2.38 bits per heavy atom. The number of carbonyl (C=O) groups excluding carboxylic acids is 1. The third-order valence-electron chi connectivity index (χ3n) is 1.73. The molecule has 1 aromatic rings. The van der Waals surface area contributed by atoms with Crippen molar-refractivity contribution in [2.45, 2.75) is 26.2 Å². The molecule has 0 radical (unpaired) electrons. The minimum atomic E-state index is -0.250. The van der Waals surface area contributed by atoms with Gasteiger partial charge < -0.3 is 4.74 Å². The molecule has 0 aliphatic rings. The standard InChI is InChI=1S/C10H14O2S/c1-10(2,3)8-6-5-7(13-8)9(11)12-4/h5-6H,1-4H3. The fourth-order valence-corrected chi connectivity index (χ4v) is 1.93. The molecule has 0 N–H and O–H groups in total. The van der Waals surface area contributed by atoms with Gasteiger partial charge in [0.1, 0.15) is 4.88 Å². The summed E-state index contributed by atoms with van der Waals surface area (Å²) in [6.45, 7) is 6.37. The number of esters is 1. The van der Waals surface area contributed by atoms with E-state index >= 15 is 0 Å². The zero-order valence-electron chi connectivity index (χ0n) is 8.38. The molecular formula is C10H14O2S. The summed E-state index contributed by atoms with van der Waals surface area (Å²) in [6.07, 6.45) is 0. The molecule has 0 aromatic carbocycles. The second-order valence-electron chi connectivity index (χ2n) is 3.91. The van der Waals surface area contributed by atoms with Gasteiger partial charge in [0.2, 0.25) is 0 Å². The largest absolute Gasteiger partial charge is 0.465 e. The molecule has 0 bridgehead atoms. The van der Waals surface area contributed by atoms with Crippen LogP contribution in [0.25, 0.3) is 0 Å². The van der Waals surface area contributed by atoms with Crippen molar-refractivity contribution in [2.24, 2.45) is 0 Å². The minimum Gasteiger partial charge on any atom is -0.465 e. The third kappa shape index (κ3) is 2.31. The van der Waals surface area contributed by atoms with Crippen molar-refractivity contribution in [3.8, 4) is 0 Å². The molecule has 13 heavy (non-hydrogen) atoms. The molecular weight excluding hydrogens is 184 g/mol. The van der Waals surface area contributed by atoms with Gasteiger partial charge in [0, 0.05) is 4.88 Å². The number of hydrogen-bond acceptors (Lipinski definition) is 3. The van der Waals surface area contributed by atoms with E-state index < -0.39 is 0 Å². The number of ether oxygens (including phenoxy) is 1. The summed E-state index contributed by atoms with van der Waals surface area (Å²) >= 11 is 1.50. The molecule has 0 aliphatic heterocycles. The summed E-state index contributed by atoms with van der Waals surface area (Å²) in [4.78, 5) is 13.0. The van der Waals surface area contributed by atoms with Crippen LogP contribution in [-0.2, 0) is 10.2 Å². The highest BCUT2D eigenvalue weighted by Crippen LogP contribution is 2.29. The summed E-state index contributed by atoms with van der Waals surface area (Å²) in [6, 6.07) is 3.80. The summed E-state index contributed by atoms with van der Waals surface area (Å²) in [5.74, 6) is -0.250. The van der Waals surface area contributed by atoms with Crippen molar-refractivity contribution in [3.63, 3.8) is 0 Å². The smallest absolute Gasteiger partial charge is 0.348 e. The number of thiophene rings is 1. The fourth-order valence-electron chi connectivity index (χ4n) is 0.951. The predicted octanol–water partition coefficient (Wildman–Crippen LogP) is 2.83. The van der Waals surface area contributed by atoms with Crippen LogP contribution < -0.4 is 0 Å². The Labute approximate surface area is 82.5 Å². The summed E-state index contributed by atoms with van der Waals surface area (Å²) in [7, 11) is 1.40. The van der Waals surface area contributed by atoms with Crippen molar-refractivity contribution in [3.05, 3.63) is 21.9 Å². The van der Waals surface area contributed by atoms with Gasteiger partial charge in [0.25, 0.3) is 0 Å². The summed E-state index contributed by atoms with van der Waals surface area (Å²) < 4.78 is 4.63. The maximum absolute atomic E-state index is 11.1. The van der Waals surface area contributed by atoms with Gasteiger partial charge in [0.15, 0.2) is 0 Å². The average Bonchev–Trinajstić information content (AvgIpc) is 2.50. The van der Waals surface area contributed by atoms with Crippen LogP contribution in [0.1, 0.15) is 35.3 Å². The Bertz CT molecular complexity index is 307. The van der Waals surface area contributed by atoms with E-state index in [1.807, 2.05) is 12.1 Å². The molecule has 0 fully saturated rings. The minimum absolute atomic E-state index is 0.108. The van der Waals surface area contributed by atoms with Gasteiger partial charge in [-0.1, -0.05) is 20.8 Å².